The Bertz CT molecular complexity index is 460. The minimum Gasteiger partial charge on any atom is -0.480 e. The Balaban J connectivity index is 2.56. The van der Waals surface area contributed by atoms with Gasteiger partial charge in [0, 0.05) is 6.42 Å². The van der Waals surface area contributed by atoms with E-state index in [1.165, 1.54) is 0 Å². The molecule has 0 saturated carbocycles. The molecule has 0 aliphatic heterocycles. The maximum absolute atomic E-state index is 11.3. The molecule has 0 radical (unpaired) electrons. The largest absolute Gasteiger partial charge is 0.480 e. The number of carbonyl (C=O) groups excluding carboxylic acids is 1. The van der Waals surface area contributed by atoms with Crippen molar-refractivity contribution in [1.82, 2.24) is 10.6 Å². The van der Waals surface area contributed by atoms with Gasteiger partial charge in [-0.1, -0.05) is 30.3 Å². The van der Waals surface area contributed by atoms with E-state index in [1.54, 1.807) is 30.3 Å². The van der Waals surface area contributed by atoms with Crippen molar-refractivity contribution >= 4 is 18.0 Å². The van der Waals surface area contributed by atoms with Gasteiger partial charge in [0.25, 0.3) is 0 Å². The fourth-order valence-electron chi connectivity index (χ4n) is 1.42. The summed E-state index contributed by atoms with van der Waals surface area (Å²) in [5, 5.41) is 21.6. The number of hydrogen-bond donors (Lipinski definition) is 4. The van der Waals surface area contributed by atoms with Crippen LogP contribution in [-0.2, 0) is 16.0 Å². The summed E-state index contributed by atoms with van der Waals surface area (Å²) in [4.78, 5) is 32.6. The molecular weight excluding hydrogens is 252 g/mol. The van der Waals surface area contributed by atoms with Crippen LogP contribution in [0.3, 0.4) is 0 Å². The van der Waals surface area contributed by atoms with Crippen LogP contribution in [0.1, 0.15) is 5.56 Å². The third kappa shape index (κ3) is 5.53. The number of amides is 2. The molecule has 0 heterocycles. The highest BCUT2D eigenvalue weighted by Crippen LogP contribution is 2.03. The zero-order chi connectivity index (χ0) is 14.3. The van der Waals surface area contributed by atoms with Gasteiger partial charge in [-0.15, -0.1) is 0 Å². The van der Waals surface area contributed by atoms with Crippen LogP contribution in [0.25, 0.3) is 0 Å². The predicted molar refractivity (Wildman–Crippen MR) is 65.7 cm³/mol. The molecule has 0 saturated heterocycles. The van der Waals surface area contributed by atoms with Gasteiger partial charge in [0.15, 0.2) is 0 Å². The summed E-state index contributed by atoms with van der Waals surface area (Å²) in [5.74, 6) is -2.39. The summed E-state index contributed by atoms with van der Waals surface area (Å²) < 4.78 is 0. The van der Waals surface area contributed by atoms with Crippen LogP contribution in [-0.4, -0.2) is 40.8 Å². The van der Waals surface area contributed by atoms with Gasteiger partial charge in [-0.3, -0.25) is 4.79 Å². The summed E-state index contributed by atoms with van der Waals surface area (Å²) in [6.45, 7) is -0.566. The van der Waals surface area contributed by atoms with Crippen molar-refractivity contribution in [3.8, 4) is 0 Å². The fraction of sp³-hybridized carbons (Fsp3) is 0.250. The van der Waals surface area contributed by atoms with E-state index in [-0.39, 0.29) is 6.42 Å². The lowest BCUT2D eigenvalue weighted by atomic mass is 10.1. The second-order valence-electron chi connectivity index (χ2n) is 3.80. The minimum atomic E-state index is -1.20. The monoisotopic (exact) mass is 266 g/mol. The lowest BCUT2D eigenvalue weighted by Crippen LogP contribution is -2.48. The molecule has 0 spiro atoms. The highest BCUT2D eigenvalue weighted by molar-refractivity contribution is 5.84. The van der Waals surface area contributed by atoms with Crippen LogP contribution in [0, 0.1) is 0 Å². The van der Waals surface area contributed by atoms with Crippen molar-refractivity contribution in [2.24, 2.45) is 0 Å². The van der Waals surface area contributed by atoms with E-state index < -0.39 is 30.6 Å². The maximum Gasteiger partial charge on any atom is 0.326 e. The topological polar surface area (TPSA) is 116 Å². The molecule has 4 N–H and O–H groups in total. The third-order valence-electron chi connectivity index (χ3n) is 2.29. The van der Waals surface area contributed by atoms with Crippen molar-refractivity contribution in [3.63, 3.8) is 0 Å². The van der Waals surface area contributed by atoms with Crippen LogP contribution in [0.4, 0.5) is 4.79 Å². The van der Waals surface area contributed by atoms with E-state index in [1.807, 2.05) is 5.32 Å². The second-order valence-corrected chi connectivity index (χ2v) is 3.80. The SMILES string of the molecule is O=C(O)CNC(=O)N[C@H](Cc1ccccc1)C(=O)O. The molecule has 0 bridgehead atoms. The number of benzene rings is 1. The molecule has 0 fully saturated rings. The lowest BCUT2D eigenvalue weighted by molar-refractivity contribution is -0.139. The van der Waals surface area contributed by atoms with Crippen molar-refractivity contribution < 1.29 is 24.6 Å². The molecule has 7 heteroatoms. The molecule has 1 rings (SSSR count). The van der Waals surface area contributed by atoms with Crippen molar-refractivity contribution in [1.29, 1.82) is 0 Å². The number of carbonyl (C=O) groups is 3. The van der Waals surface area contributed by atoms with E-state index in [4.69, 9.17) is 10.2 Å². The van der Waals surface area contributed by atoms with Crippen LogP contribution in [0.15, 0.2) is 30.3 Å². The molecule has 1 aromatic carbocycles. The number of urea groups is 1. The molecule has 0 unspecified atom stereocenters. The Morgan fingerprint density at radius 1 is 1.11 bits per heavy atom. The Kier molecular flexibility index (Phi) is 5.34. The number of rotatable bonds is 6. The summed E-state index contributed by atoms with van der Waals surface area (Å²) in [6.07, 6.45) is 0.122. The van der Waals surface area contributed by atoms with Gasteiger partial charge in [-0.05, 0) is 5.56 Å². The van der Waals surface area contributed by atoms with Gasteiger partial charge in [-0.2, -0.15) is 0 Å². The smallest absolute Gasteiger partial charge is 0.326 e. The molecule has 0 aliphatic carbocycles. The lowest BCUT2D eigenvalue weighted by Gasteiger charge is -2.14. The molecular formula is C12H14N2O5. The van der Waals surface area contributed by atoms with Crippen LogP contribution >= 0.6 is 0 Å². The first-order valence-electron chi connectivity index (χ1n) is 5.52. The van der Waals surface area contributed by atoms with Crippen molar-refractivity contribution in [3.05, 3.63) is 35.9 Å². The summed E-state index contributed by atoms with van der Waals surface area (Å²) >= 11 is 0. The van der Waals surface area contributed by atoms with E-state index in [0.717, 1.165) is 5.56 Å². The molecule has 1 atom stereocenters. The zero-order valence-corrected chi connectivity index (χ0v) is 10.00. The first-order valence-corrected chi connectivity index (χ1v) is 5.52. The number of carboxylic acid groups (broad SMARTS) is 2. The standard InChI is InChI=1S/C12H14N2O5/c15-10(16)7-13-12(19)14-9(11(17)18)6-8-4-2-1-3-5-8/h1-5,9H,6-7H2,(H,15,16)(H,17,18)(H2,13,14,19)/t9-/m1/s1. The maximum atomic E-state index is 11.3. The van der Waals surface area contributed by atoms with Crippen molar-refractivity contribution in [2.45, 2.75) is 12.5 Å². The van der Waals surface area contributed by atoms with E-state index in [2.05, 4.69) is 5.32 Å². The number of hydrogen-bond acceptors (Lipinski definition) is 3. The Hall–Kier alpha value is -2.57. The first-order chi connectivity index (χ1) is 8.99. The predicted octanol–water partition coefficient (Wildman–Crippen LogP) is 0.0661. The Labute approximate surface area is 109 Å². The Morgan fingerprint density at radius 3 is 2.26 bits per heavy atom. The van der Waals surface area contributed by atoms with Gasteiger partial charge < -0.3 is 20.8 Å². The van der Waals surface area contributed by atoms with E-state index >= 15 is 0 Å². The van der Waals surface area contributed by atoms with Crippen LogP contribution in [0.2, 0.25) is 0 Å². The minimum absolute atomic E-state index is 0.122. The highest BCUT2D eigenvalue weighted by atomic mass is 16.4. The molecule has 0 aliphatic rings. The number of aliphatic carboxylic acids is 2. The van der Waals surface area contributed by atoms with Crippen molar-refractivity contribution in [2.75, 3.05) is 6.54 Å². The molecule has 19 heavy (non-hydrogen) atoms. The molecule has 7 nitrogen and oxygen atoms in total. The molecule has 1 aromatic rings. The fourth-order valence-corrected chi connectivity index (χ4v) is 1.42. The van der Waals surface area contributed by atoms with Gasteiger partial charge >= 0.3 is 18.0 Å². The van der Waals surface area contributed by atoms with E-state index in [9.17, 15) is 14.4 Å². The normalized spacial score (nSPS) is 11.4. The van der Waals surface area contributed by atoms with Crippen LogP contribution < -0.4 is 10.6 Å². The average molecular weight is 266 g/mol. The van der Waals surface area contributed by atoms with Gasteiger partial charge in [0.1, 0.15) is 12.6 Å². The molecule has 102 valence electrons. The van der Waals surface area contributed by atoms with Gasteiger partial charge in [-0.25, -0.2) is 9.59 Å². The molecule has 2 amide bonds. The third-order valence-corrected chi connectivity index (χ3v) is 2.29. The van der Waals surface area contributed by atoms with Crippen LogP contribution in [0.5, 0.6) is 0 Å². The molecule has 0 aromatic heterocycles. The highest BCUT2D eigenvalue weighted by Gasteiger charge is 2.20. The average Bonchev–Trinajstić information content (AvgIpc) is 2.36. The quantitative estimate of drug-likeness (QED) is 0.581. The summed E-state index contributed by atoms with van der Waals surface area (Å²) in [6, 6.07) is 6.87. The number of nitrogens with one attached hydrogen (secondary N) is 2. The van der Waals surface area contributed by atoms with Gasteiger partial charge in [0.05, 0.1) is 0 Å². The van der Waals surface area contributed by atoms with E-state index in [0.29, 0.717) is 0 Å². The van der Waals surface area contributed by atoms with Gasteiger partial charge in [0.2, 0.25) is 0 Å². The number of carboxylic acids is 2. The summed E-state index contributed by atoms with van der Waals surface area (Å²) in [7, 11) is 0. The zero-order valence-electron chi connectivity index (χ0n) is 10.00. The Morgan fingerprint density at radius 2 is 1.74 bits per heavy atom. The second kappa shape index (κ2) is 7.00. The summed E-state index contributed by atoms with van der Waals surface area (Å²) in [5.41, 5.74) is 0.758. The first kappa shape index (κ1) is 14.5.